The summed E-state index contributed by atoms with van der Waals surface area (Å²) in [6.45, 7) is 0. The van der Waals surface area contributed by atoms with Crippen molar-refractivity contribution < 1.29 is 18.0 Å². The Balaban J connectivity index is 2.77. The molecule has 0 aromatic heterocycles. The first-order valence-electron chi connectivity index (χ1n) is 4.31. The van der Waals surface area contributed by atoms with Crippen molar-refractivity contribution >= 4 is 12.4 Å². The highest BCUT2D eigenvalue weighted by molar-refractivity contribution is 5.58. The Kier molecular flexibility index (Phi) is 3.66. The summed E-state index contributed by atoms with van der Waals surface area (Å²) in [5, 5.41) is 0. The van der Waals surface area contributed by atoms with Gasteiger partial charge in [0, 0.05) is 6.42 Å². The van der Waals surface area contributed by atoms with Crippen molar-refractivity contribution in [2.75, 3.05) is 0 Å². The van der Waals surface area contributed by atoms with E-state index in [2.05, 4.69) is 0 Å². The fourth-order valence-electron chi connectivity index (χ4n) is 1.04. The molecule has 0 aliphatic carbocycles. The molecule has 0 saturated heterocycles. The van der Waals surface area contributed by atoms with Crippen LogP contribution in [0.2, 0.25) is 0 Å². The minimum absolute atomic E-state index is 0.265. The van der Waals surface area contributed by atoms with Gasteiger partial charge in [0.15, 0.2) is 0 Å². The van der Waals surface area contributed by atoms with Crippen molar-refractivity contribution in [2.24, 2.45) is 0 Å². The molecule has 0 N–H and O–H groups in total. The van der Waals surface area contributed by atoms with Gasteiger partial charge in [0.2, 0.25) is 0 Å². The fourth-order valence-corrected chi connectivity index (χ4v) is 1.04. The topological polar surface area (TPSA) is 17.1 Å². The van der Waals surface area contributed by atoms with Crippen LogP contribution in [0.1, 0.15) is 17.5 Å². The Labute approximate surface area is 85.2 Å². The van der Waals surface area contributed by atoms with Gasteiger partial charge in [0.05, 0.1) is 5.56 Å². The Morgan fingerprint density at radius 3 is 2.20 bits per heavy atom. The zero-order valence-electron chi connectivity index (χ0n) is 7.79. The summed E-state index contributed by atoms with van der Waals surface area (Å²) < 4.78 is 36.5. The molecule has 1 rings (SSSR count). The number of hydrogen-bond donors (Lipinski definition) is 0. The SMILES string of the molecule is O=CC/C=C\c1ccc(C(F)(F)F)cc1. The second kappa shape index (κ2) is 4.77. The normalized spacial score (nSPS) is 11.9. The van der Waals surface area contributed by atoms with Crippen molar-refractivity contribution in [1.29, 1.82) is 0 Å². The summed E-state index contributed by atoms with van der Waals surface area (Å²) in [4.78, 5) is 9.98. The average Bonchev–Trinajstić information content (AvgIpc) is 2.18. The van der Waals surface area contributed by atoms with Gasteiger partial charge in [-0.1, -0.05) is 24.3 Å². The second-order valence-corrected chi connectivity index (χ2v) is 2.92. The Bertz CT molecular complexity index is 349. The van der Waals surface area contributed by atoms with Crippen molar-refractivity contribution in [3.05, 3.63) is 41.5 Å². The van der Waals surface area contributed by atoms with E-state index in [0.29, 0.717) is 5.56 Å². The van der Waals surface area contributed by atoms with E-state index in [1.165, 1.54) is 12.1 Å². The van der Waals surface area contributed by atoms with E-state index in [0.717, 1.165) is 18.4 Å². The van der Waals surface area contributed by atoms with Gasteiger partial charge in [0.25, 0.3) is 0 Å². The van der Waals surface area contributed by atoms with Crippen LogP contribution in [-0.2, 0) is 11.0 Å². The van der Waals surface area contributed by atoms with Crippen molar-refractivity contribution in [3.63, 3.8) is 0 Å². The number of halogens is 3. The van der Waals surface area contributed by atoms with Crippen molar-refractivity contribution in [3.8, 4) is 0 Å². The van der Waals surface area contributed by atoms with Crippen LogP contribution < -0.4 is 0 Å². The predicted octanol–water partition coefficient (Wildman–Crippen LogP) is 3.31. The van der Waals surface area contributed by atoms with Crippen molar-refractivity contribution in [2.45, 2.75) is 12.6 Å². The molecule has 0 aliphatic heterocycles. The molecule has 0 atom stereocenters. The van der Waals surface area contributed by atoms with Crippen LogP contribution >= 0.6 is 0 Å². The third-order valence-corrected chi connectivity index (χ3v) is 1.78. The summed E-state index contributed by atoms with van der Waals surface area (Å²) in [7, 11) is 0. The highest BCUT2D eigenvalue weighted by Crippen LogP contribution is 2.29. The maximum Gasteiger partial charge on any atom is 0.416 e. The van der Waals surface area contributed by atoms with Gasteiger partial charge in [-0.3, -0.25) is 0 Å². The van der Waals surface area contributed by atoms with Gasteiger partial charge in [-0.15, -0.1) is 0 Å². The zero-order valence-corrected chi connectivity index (χ0v) is 7.79. The highest BCUT2D eigenvalue weighted by Gasteiger charge is 2.29. The van der Waals surface area contributed by atoms with Crippen LogP contribution in [-0.4, -0.2) is 6.29 Å². The van der Waals surface area contributed by atoms with Crippen LogP contribution in [0.15, 0.2) is 30.3 Å². The molecule has 4 heteroatoms. The van der Waals surface area contributed by atoms with Crippen LogP contribution in [0, 0.1) is 0 Å². The molecule has 0 unspecified atom stereocenters. The number of aldehydes is 1. The number of allylic oxidation sites excluding steroid dienone is 1. The molecule has 0 bridgehead atoms. The molecule has 0 aliphatic rings. The lowest BCUT2D eigenvalue weighted by molar-refractivity contribution is -0.137. The number of benzene rings is 1. The van der Waals surface area contributed by atoms with Crippen molar-refractivity contribution in [1.82, 2.24) is 0 Å². The smallest absolute Gasteiger partial charge is 0.303 e. The molecule has 1 nitrogen and oxygen atoms in total. The fraction of sp³-hybridized carbons (Fsp3) is 0.182. The summed E-state index contributed by atoms with van der Waals surface area (Å²) in [6.07, 6.45) is -0.114. The molecule has 0 amide bonds. The van der Waals surface area contributed by atoms with E-state index >= 15 is 0 Å². The Hall–Kier alpha value is -1.58. The lowest BCUT2D eigenvalue weighted by Gasteiger charge is -2.05. The van der Waals surface area contributed by atoms with E-state index in [4.69, 9.17) is 0 Å². The zero-order chi connectivity index (χ0) is 11.3. The largest absolute Gasteiger partial charge is 0.416 e. The van der Waals surface area contributed by atoms with Crippen LogP contribution in [0.4, 0.5) is 13.2 Å². The summed E-state index contributed by atoms with van der Waals surface area (Å²) in [5.74, 6) is 0. The summed E-state index contributed by atoms with van der Waals surface area (Å²) >= 11 is 0. The minimum Gasteiger partial charge on any atom is -0.303 e. The summed E-state index contributed by atoms with van der Waals surface area (Å²) in [5.41, 5.74) is -0.0279. The average molecular weight is 214 g/mol. The van der Waals surface area contributed by atoms with E-state index in [9.17, 15) is 18.0 Å². The van der Waals surface area contributed by atoms with Crippen LogP contribution in [0.3, 0.4) is 0 Å². The van der Waals surface area contributed by atoms with Gasteiger partial charge in [-0.05, 0) is 17.7 Å². The maximum absolute atomic E-state index is 12.2. The maximum atomic E-state index is 12.2. The lowest BCUT2D eigenvalue weighted by atomic mass is 10.1. The predicted molar refractivity (Wildman–Crippen MR) is 51.2 cm³/mol. The molecule has 0 fully saturated rings. The van der Waals surface area contributed by atoms with E-state index in [1.807, 2.05) is 0 Å². The third kappa shape index (κ3) is 3.58. The van der Waals surface area contributed by atoms with E-state index in [-0.39, 0.29) is 6.42 Å². The van der Waals surface area contributed by atoms with E-state index in [1.54, 1.807) is 12.2 Å². The van der Waals surface area contributed by atoms with Gasteiger partial charge in [0.1, 0.15) is 6.29 Å². The second-order valence-electron chi connectivity index (χ2n) is 2.92. The quantitative estimate of drug-likeness (QED) is 0.705. The lowest BCUT2D eigenvalue weighted by Crippen LogP contribution is -2.03. The van der Waals surface area contributed by atoms with Gasteiger partial charge < -0.3 is 4.79 Å². The van der Waals surface area contributed by atoms with Crippen LogP contribution in [0.25, 0.3) is 6.08 Å². The molecular formula is C11H9F3O. The number of carbonyl (C=O) groups excluding carboxylic acids is 1. The molecular weight excluding hydrogens is 205 g/mol. The molecule has 80 valence electrons. The molecule has 1 aromatic rings. The Morgan fingerprint density at radius 1 is 1.13 bits per heavy atom. The first kappa shape index (κ1) is 11.5. The number of hydrogen-bond acceptors (Lipinski definition) is 1. The first-order valence-corrected chi connectivity index (χ1v) is 4.31. The van der Waals surface area contributed by atoms with E-state index < -0.39 is 11.7 Å². The number of carbonyl (C=O) groups is 1. The Morgan fingerprint density at radius 2 is 1.73 bits per heavy atom. The first-order chi connectivity index (χ1) is 7.04. The molecule has 0 heterocycles. The van der Waals surface area contributed by atoms with Gasteiger partial charge in [-0.25, -0.2) is 0 Å². The summed E-state index contributed by atoms with van der Waals surface area (Å²) in [6, 6.07) is 4.76. The number of alkyl halides is 3. The molecule has 0 spiro atoms. The minimum atomic E-state index is -4.30. The third-order valence-electron chi connectivity index (χ3n) is 1.78. The number of rotatable bonds is 3. The monoisotopic (exact) mass is 214 g/mol. The van der Waals surface area contributed by atoms with Gasteiger partial charge in [-0.2, -0.15) is 13.2 Å². The standard InChI is InChI=1S/C11H9F3O/c12-11(13,14)10-6-4-9(5-7-10)3-1-2-8-15/h1,3-8H,2H2/b3-1-. The molecule has 0 radical (unpaired) electrons. The van der Waals surface area contributed by atoms with Gasteiger partial charge >= 0.3 is 6.18 Å². The van der Waals surface area contributed by atoms with Crippen LogP contribution in [0.5, 0.6) is 0 Å². The molecule has 0 saturated carbocycles. The highest BCUT2D eigenvalue weighted by atomic mass is 19.4. The molecule has 15 heavy (non-hydrogen) atoms. The molecule has 1 aromatic carbocycles.